The molecule has 0 fully saturated rings. The lowest BCUT2D eigenvalue weighted by Crippen LogP contribution is -2.37. The monoisotopic (exact) mass is 174 g/mol. The highest BCUT2D eigenvalue weighted by Gasteiger charge is 2.05. The van der Waals surface area contributed by atoms with Crippen LogP contribution in [-0.2, 0) is 4.74 Å². The van der Waals surface area contributed by atoms with Gasteiger partial charge in [-0.25, -0.2) is 4.79 Å². The largest absolute Gasteiger partial charge is 0.447 e. The topological polar surface area (TPSA) is 64.3 Å². The van der Waals surface area contributed by atoms with Gasteiger partial charge in [0.1, 0.15) is 0 Å². The third kappa shape index (κ3) is 5.97. The Bertz CT molecular complexity index is 137. The summed E-state index contributed by atoms with van der Waals surface area (Å²) >= 11 is 0. The quantitative estimate of drug-likeness (QED) is 0.664. The highest BCUT2D eigenvalue weighted by atomic mass is 16.6. The summed E-state index contributed by atoms with van der Waals surface area (Å²) in [6.07, 6.45) is 0.374. The van der Waals surface area contributed by atoms with Gasteiger partial charge in [0.2, 0.25) is 0 Å². The van der Waals surface area contributed by atoms with E-state index in [4.69, 9.17) is 10.5 Å². The Morgan fingerprint density at radius 2 is 2.17 bits per heavy atom. The Kier molecular flexibility index (Phi) is 5.45. The molecule has 72 valence electrons. The fourth-order valence-corrected chi connectivity index (χ4v) is 0.615. The molecule has 0 aromatic carbocycles. The molecule has 1 atom stereocenters. The molecule has 3 N–H and O–H groups in total. The SMILES string of the molecule is CCC(N)CNC(=O)OC(C)C. The van der Waals surface area contributed by atoms with E-state index in [0.29, 0.717) is 6.54 Å². The van der Waals surface area contributed by atoms with Gasteiger partial charge in [0, 0.05) is 12.6 Å². The van der Waals surface area contributed by atoms with Crippen molar-refractivity contribution in [1.82, 2.24) is 5.32 Å². The molecule has 0 saturated heterocycles. The van der Waals surface area contributed by atoms with Gasteiger partial charge in [-0.05, 0) is 20.3 Å². The van der Waals surface area contributed by atoms with Gasteiger partial charge in [0.25, 0.3) is 0 Å². The first-order chi connectivity index (χ1) is 5.56. The number of hydrogen-bond acceptors (Lipinski definition) is 3. The molecular weight excluding hydrogens is 156 g/mol. The van der Waals surface area contributed by atoms with E-state index in [9.17, 15) is 4.79 Å². The predicted molar refractivity (Wildman–Crippen MR) is 47.9 cm³/mol. The zero-order valence-electron chi connectivity index (χ0n) is 7.96. The fourth-order valence-electron chi connectivity index (χ4n) is 0.615. The van der Waals surface area contributed by atoms with E-state index in [2.05, 4.69) is 5.32 Å². The Morgan fingerprint density at radius 1 is 1.58 bits per heavy atom. The zero-order chi connectivity index (χ0) is 9.56. The third-order valence-electron chi connectivity index (χ3n) is 1.38. The standard InChI is InChI=1S/C8H18N2O2/c1-4-7(9)5-10-8(11)12-6(2)3/h6-7H,4-5,9H2,1-3H3,(H,10,11). The van der Waals surface area contributed by atoms with Crippen molar-refractivity contribution >= 4 is 6.09 Å². The van der Waals surface area contributed by atoms with Crippen LogP contribution in [0.5, 0.6) is 0 Å². The molecule has 0 aromatic rings. The van der Waals surface area contributed by atoms with Crippen molar-refractivity contribution in [3.8, 4) is 0 Å². The molecule has 1 amide bonds. The van der Waals surface area contributed by atoms with Crippen LogP contribution in [0.4, 0.5) is 4.79 Å². The number of carbonyl (C=O) groups is 1. The van der Waals surface area contributed by atoms with E-state index >= 15 is 0 Å². The average Bonchev–Trinajstić information content (AvgIpc) is 1.99. The van der Waals surface area contributed by atoms with Crippen molar-refractivity contribution in [2.75, 3.05) is 6.54 Å². The van der Waals surface area contributed by atoms with Crippen molar-refractivity contribution in [1.29, 1.82) is 0 Å². The number of amides is 1. The molecule has 0 heterocycles. The van der Waals surface area contributed by atoms with Crippen molar-refractivity contribution in [2.45, 2.75) is 39.3 Å². The van der Waals surface area contributed by atoms with Crippen molar-refractivity contribution in [3.05, 3.63) is 0 Å². The lowest BCUT2D eigenvalue weighted by Gasteiger charge is -2.12. The molecule has 0 rings (SSSR count). The normalized spacial score (nSPS) is 12.8. The van der Waals surface area contributed by atoms with Gasteiger partial charge >= 0.3 is 6.09 Å². The van der Waals surface area contributed by atoms with Gasteiger partial charge in [0.15, 0.2) is 0 Å². The van der Waals surface area contributed by atoms with Crippen molar-refractivity contribution in [2.24, 2.45) is 5.73 Å². The van der Waals surface area contributed by atoms with Crippen LogP contribution in [0.2, 0.25) is 0 Å². The molecule has 0 aliphatic carbocycles. The maximum Gasteiger partial charge on any atom is 0.407 e. The van der Waals surface area contributed by atoms with Gasteiger partial charge in [-0.1, -0.05) is 6.92 Å². The van der Waals surface area contributed by atoms with E-state index in [1.165, 1.54) is 0 Å². The number of ether oxygens (including phenoxy) is 1. The minimum Gasteiger partial charge on any atom is -0.447 e. The summed E-state index contributed by atoms with van der Waals surface area (Å²) in [5.41, 5.74) is 5.58. The minimum atomic E-state index is -0.395. The number of nitrogens with one attached hydrogen (secondary N) is 1. The van der Waals surface area contributed by atoms with E-state index in [-0.39, 0.29) is 12.1 Å². The smallest absolute Gasteiger partial charge is 0.407 e. The Labute approximate surface area is 73.5 Å². The first-order valence-electron chi connectivity index (χ1n) is 4.26. The summed E-state index contributed by atoms with van der Waals surface area (Å²) in [5.74, 6) is 0. The molecule has 0 saturated carbocycles. The number of rotatable bonds is 4. The summed E-state index contributed by atoms with van der Waals surface area (Å²) in [5, 5.41) is 2.58. The van der Waals surface area contributed by atoms with Gasteiger partial charge in [-0.15, -0.1) is 0 Å². The average molecular weight is 174 g/mol. The summed E-state index contributed by atoms with van der Waals surface area (Å²) in [7, 11) is 0. The fraction of sp³-hybridized carbons (Fsp3) is 0.875. The second-order valence-electron chi connectivity index (χ2n) is 3.00. The molecule has 0 spiro atoms. The Hall–Kier alpha value is -0.770. The summed E-state index contributed by atoms with van der Waals surface area (Å²) in [4.78, 5) is 10.9. The van der Waals surface area contributed by atoms with Crippen molar-refractivity contribution in [3.63, 3.8) is 0 Å². The lowest BCUT2D eigenvalue weighted by molar-refractivity contribution is 0.115. The van der Waals surface area contributed by atoms with Crippen LogP contribution in [0.1, 0.15) is 27.2 Å². The summed E-state index contributed by atoms with van der Waals surface area (Å²) in [6.45, 7) is 6.06. The molecule has 0 bridgehead atoms. The number of alkyl carbamates (subject to hydrolysis) is 1. The highest BCUT2D eigenvalue weighted by molar-refractivity contribution is 5.67. The van der Waals surface area contributed by atoms with Crippen LogP contribution in [0.15, 0.2) is 0 Å². The third-order valence-corrected chi connectivity index (χ3v) is 1.38. The van der Waals surface area contributed by atoms with Crippen LogP contribution >= 0.6 is 0 Å². The van der Waals surface area contributed by atoms with Crippen LogP contribution in [0.3, 0.4) is 0 Å². The van der Waals surface area contributed by atoms with Crippen LogP contribution in [0.25, 0.3) is 0 Å². The lowest BCUT2D eigenvalue weighted by atomic mass is 10.2. The second-order valence-corrected chi connectivity index (χ2v) is 3.00. The van der Waals surface area contributed by atoms with Crippen LogP contribution in [0, 0.1) is 0 Å². The van der Waals surface area contributed by atoms with E-state index in [1.54, 1.807) is 13.8 Å². The zero-order valence-corrected chi connectivity index (χ0v) is 7.96. The van der Waals surface area contributed by atoms with Crippen molar-refractivity contribution < 1.29 is 9.53 Å². The van der Waals surface area contributed by atoms with E-state index in [1.807, 2.05) is 6.92 Å². The molecule has 1 unspecified atom stereocenters. The van der Waals surface area contributed by atoms with Gasteiger partial charge in [0.05, 0.1) is 6.10 Å². The predicted octanol–water partition coefficient (Wildman–Crippen LogP) is 0.858. The van der Waals surface area contributed by atoms with Gasteiger partial charge < -0.3 is 15.8 Å². The number of carbonyl (C=O) groups excluding carboxylic acids is 1. The molecule has 0 aromatic heterocycles. The summed E-state index contributed by atoms with van der Waals surface area (Å²) in [6, 6.07) is 0.0183. The number of nitrogens with two attached hydrogens (primary N) is 1. The van der Waals surface area contributed by atoms with Crippen LogP contribution in [-0.4, -0.2) is 24.8 Å². The molecule has 0 radical (unpaired) electrons. The van der Waals surface area contributed by atoms with E-state index < -0.39 is 6.09 Å². The Balaban J connectivity index is 3.44. The number of hydrogen-bond donors (Lipinski definition) is 2. The molecule has 0 aliphatic heterocycles. The maximum atomic E-state index is 10.9. The van der Waals surface area contributed by atoms with Gasteiger partial charge in [-0.3, -0.25) is 0 Å². The molecule has 0 aliphatic rings. The molecule has 4 heteroatoms. The molecule has 4 nitrogen and oxygen atoms in total. The maximum absolute atomic E-state index is 10.9. The molecule has 12 heavy (non-hydrogen) atoms. The van der Waals surface area contributed by atoms with Gasteiger partial charge in [-0.2, -0.15) is 0 Å². The highest BCUT2D eigenvalue weighted by Crippen LogP contribution is 1.89. The Morgan fingerprint density at radius 3 is 2.58 bits per heavy atom. The first kappa shape index (κ1) is 11.2. The van der Waals surface area contributed by atoms with Crippen LogP contribution < -0.4 is 11.1 Å². The minimum absolute atomic E-state index is 0.0183. The summed E-state index contributed by atoms with van der Waals surface area (Å²) < 4.78 is 4.84. The first-order valence-corrected chi connectivity index (χ1v) is 4.26. The second kappa shape index (κ2) is 5.83. The molecular formula is C8H18N2O2. The van der Waals surface area contributed by atoms with E-state index in [0.717, 1.165) is 6.42 Å².